The van der Waals surface area contributed by atoms with E-state index in [1.807, 2.05) is 0 Å². The molecule has 0 spiro atoms. The number of likely N-dealkylation sites (N-methyl/N-ethyl adjacent to an activating group) is 1. The highest BCUT2D eigenvalue weighted by molar-refractivity contribution is 8.01. The van der Waals surface area contributed by atoms with E-state index < -0.39 is 17.6 Å². The van der Waals surface area contributed by atoms with Gasteiger partial charge in [0.25, 0.3) is 0 Å². The number of nitrogens with zero attached hydrogens (tertiary/aromatic N) is 3. The van der Waals surface area contributed by atoms with Gasteiger partial charge in [0.15, 0.2) is 4.34 Å². The molecular weight excluding hydrogens is 427 g/mol. The summed E-state index contributed by atoms with van der Waals surface area (Å²) < 4.78 is 39.6. The van der Waals surface area contributed by atoms with Gasteiger partial charge in [-0.2, -0.15) is 13.2 Å². The minimum Gasteiger partial charge on any atom is -0.357 e. The van der Waals surface area contributed by atoms with E-state index >= 15 is 0 Å². The van der Waals surface area contributed by atoms with Crippen LogP contribution in [0.3, 0.4) is 0 Å². The molecule has 1 fully saturated rings. The molecule has 1 aromatic carbocycles. The first-order valence-corrected chi connectivity index (χ1v) is 10.5. The van der Waals surface area contributed by atoms with E-state index in [1.165, 1.54) is 48.3 Å². The van der Waals surface area contributed by atoms with Gasteiger partial charge in [0.1, 0.15) is 0 Å². The topological polar surface area (TPSA) is 87.2 Å². The van der Waals surface area contributed by atoms with Crippen molar-refractivity contribution in [1.82, 2.24) is 15.1 Å². The number of amides is 2. The predicted molar refractivity (Wildman–Crippen MR) is 105 cm³/mol. The molecule has 2 N–H and O–H groups in total. The highest BCUT2D eigenvalue weighted by Crippen LogP contribution is 2.34. The molecule has 29 heavy (non-hydrogen) atoms. The standard InChI is InChI=1S/C17H18F3N5O2S2/c1-25(8-13(26)22-12-5-3-2-4-11(12)17(18,19)20)14(27)9-28-16-24-23-15(29-16)21-10-6-7-10/h2-5,10H,6-9H2,1H3,(H,21,23)(H,22,26). The van der Waals surface area contributed by atoms with Crippen LogP contribution in [0.2, 0.25) is 0 Å². The Hall–Kier alpha value is -2.34. The lowest BCUT2D eigenvalue weighted by atomic mass is 10.1. The summed E-state index contributed by atoms with van der Waals surface area (Å²) in [5.74, 6) is -1.02. The Morgan fingerprint density at radius 1 is 1.28 bits per heavy atom. The zero-order valence-electron chi connectivity index (χ0n) is 15.3. The van der Waals surface area contributed by atoms with Crippen LogP contribution >= 0.6 is 23.1 Å². The molecule has 1 aromatic heterocycles. The van der Waals surface area contributed by atoms with Crippen LogP contribution in [0.25, 0.3) is 0 Å². The van der Waals surface area contributed by atoms with Crippen LogP contribution in [0.5, 0.6) is 0 Å². The lowest BCUT2D eigenvalue weighted by Crippen LogP contribution is -2.36. The first-order valence-electron chi connectivity index (χ1n) is 8.65. The maximum atomic E-state index is 13.0. The second-order valence-corrected chi connectivity index (χ2v) is 8.62. The van der Waals surface area contributed by atoms with Crippen LogP contribution < -0.4 is 10.6 Å². The minimum atomic E-state index is -4.59. The molecule has 12 heteroatoms. The van der Waals surface area contributed by atoms with Crippen LogP contribution in [0.15, 0.2) is 28.6 Å². The van der Waals surface area contributed by atoms with Crippen molar-refractivity contribution in [2.45, 2.75) is 29.4 Å². The Bertz CT molecular complexity index is 886. The summed E-state index contributed by atoms with van der Waals surface area (Å²) in [5, 5.41) is 14.1. The molecule has 1 aliphatic rings. The van der Waals surface area contributed by atoms with Crippen LogP contribution in [-0.2, 0) is 15.8 Å². The molecule has 1 saturated carbocycles. The van der Waals surface area contributed by atoms with E-state index in [-0.39, 0.29) is 23.9 Å². The van der Waals surface area contributed by atoms with E-state index in [0.717, 1.165) is 23.8 Å². The van der Waals surface area contributed by atoms with Gasteiger partial charge in [-0.05, 0) is 25.0 Å². The summed E-state index contributed by atoms with van der Waals surface area (Å²) in [5.41, 5.74) is -1.28. The summed E-state index contributed by atoms with van der Waals surface area (Å²) in [4.78, 5) is 25.5. The first-order chi connectivity index (χ1) is 13.7. The third-order valence-corrected chi connectivity index (χ3v) is 5.92. The molecule has 0 aliphatic heterocycles. The number of hydrogen-bond acceptors (Lipinski definition) is 7. The molecule has 0 radical (unpaired) electrons. The van der Waals surface area contributed by atoms with Crippen LogP contribution in [0.1, 0.15) is 18.4 Å². The maximum Gasteiger partial charge on any atom is 0.418 e. The van der Waals surface area contributed by atoms with Crippen LogP contribution in [0, 0.1) is 0 Å². The number of carbonyl (C=O) groups excluding carboxylic acids is 2. The van der Waals surface area contributed by atoms with Crippen molar-refractivity contribution in [3.8, 4) is 0 Å². The first kappa shape index (κ1) is 21.4. The number of benzene rings is 1. The molecule has 7 nitrogen and oxygen atoms in total. The molecule has 2 aromatic rings. The van der Waals surface area contributed by atoms with Crippen molar-refractivity contribution in [3.05, 3.63) is 29.8 Å². The third-order valence-electron chi connectivity index (χ3n) is 3.94. The van der Waals surface area contributed by atoms with Gasteiger partial charge in [0.2, 0.25) is 16.9 Å². The normalized spacial score (nSPS) is 13.8. The van der Waals surface area contributed by atoms with Gasteiger partial charge in [-0.1, -0.05) is 35.2 Å². The maximum absolute atomic E-state index is 13.0. The number of nitrogens with one attached hydrogen (secondary N) is 2. The molecule has 0 saturated heterocycles. The monoisotopic (exact) mass is 445 g/mol. The van der Waals surface area contributed by atoms with Gasteiger partial charge in [-0.15, -0.1) is 10.2 Å². The van der Waals surface area contributed by atoms with Crippen LogP contribution in [-0.4, -0.2) is 52.3 Å². The Morgan fingerprint density at radius 3 is 2.69 bits per heavy atom. The zero-order chi connectivity index (χ0) is 21.0. The number of alkyl halides is 3. The second-order valence-electron chi connectivity index (χ2n) is 6.42. The number of aromatic nitrogens is 2. The Labute approximate surface area is 173 Å². The van der Waals surface area contributed by atoms with Gasteiger partial charge in [-0.3, -0.25) is 9.59 Å². The third kappa shape index (κ3) is 6.32. The number of rotatable bonds is 8. The number of carbonyl (C=O) groups is 2. The predicted octanol–water partition coefficient (Wildman–Crippen LogP) is 3.32. The summed E-state index contributed by atoms with van der Waals surface area (Å²) in [6, 6.07) is 5.14. The number of halogens is 3. The smallest absolute Gasteiger partial charge is 0.357 e. The van der Waals surface area contributed by atoms with Crippen molar-refractivity contribution < 1.29 is 22.8 Å². The number of hydrogen-bond donors (Lipinski definition) is 2. The Balaban J connectivity index is 1.48. The van der Waals surface area contributed by atoms with Crippen molar-refractivity contribution in [3.63, 3.8) is 0 Å². The molecule has 2 amide bonds. The van der Waals surface area contributed by atoms with Crippen molar-refractivity contribution >= 4 is 45.7 Å². The van der Waals surface area contributed by atoms with Crippen molar-refractivity contribution in [1.29, 1.82) is 0 Å². The van der Waals surface area contributed by atoms with E-state index in [2.05, 4.69) is 20.8 Å². The number of anilines is 2. The quantitative estimate of drug-likeness (QED) is 0.607. The fourth-order valence-corrected chi connectivity index (χ4v) is 4.06. The number of para-hydroxylation sites is 1. The average Bonchev–Trinajstić information content (AvgIpc) is 3.35. The van der Waals surface area contributed by atoms with Crippen molar-refractivity contribution in [2.75, 3.05) is 30.0 Å². The molecule has 1 heterocycles. The summed E-state index contributed by atoms with van der Waals surface area (Å²) >= 11 is 2.54. The fraction of sp³-hybridized carbons (Fsp3) is 0.412. The van der Waals surface area contributed by atoms with Gasteiger partial charge < -0.3 is 15.5 Å². The fourth-order valence-electron chi connectivity index (χ4n) is 2.30. The molecule has 156 valence electrons. The highest BCUT2D eigenvalue weighted by atomic mass is 32.2. The lowest BCUT2D eigenvalue weighted by Gasteiger charge is -2.18. The van der Waals surface area contributed by atoms with Gasteiger partial charge in [0, 0.05) is 13.1 Å². The highest BCUT2D eigenvalue weighted by Gasteiger charge is 2.33. The zero-order valence-corrected chi connectivity index (χ0v) is 17.0. The lowest BCUT2D eigenvalue weighted by molar-refractivity contribution is -0.137. The van der Waals surface area contributed by atoms with Gasteiger partial charge >= 0.3 is 6.18 Å². The van der Waals surface area contributed by atoms with E-state index in [1.54, 1.807) is 0 Å². The summed E-state index contributed by atoms with van der Waals surface area (Å²) in [6.45, 7) is -0.365. The Kier molecular flexibility index (Phi) is 6.63. The molecule has 0 bridgehead atoms. The number of thioether (sulfide) groups is 1. The molecule has 1 aliphatic carbocycles. The molecule has 0 atom stereocenters. The second kappa shape index (κ2) is 8.99. The summed E-state index contributed by atoms with van der Waals surface area (Å²) in [6.07, 6.45) is -2.36. The van der Waals surface area contributed by atoms with E-state index in [4.69, 9.17) is 0 Å². The summed E-state index contributed by atoms with van der Waals surface area (Å²) in [7, 11) is 1.41. The molecule has 0 unspecified atom stereocenters. The van der Waals surface area contributed by atoms with Gasteiger partial charge in [-0.25, -0.2) is 0 Å². The van der Waals surface area contributed by atoms with Crippen LogP contribution in [0.4, 0.5) is 24.0 Å². The minimum absolute atomic E-state index is 0.0426. The van der Waals surface area contributed by atoms with Gasteiger partial charge in [0.05, 0.1) is 23.5 Å². The molecule has 3 rings (SSSR count). The average molecular weight is 445 g/mol. The molecular formula is C17H18F3N5O2S2. The Morgan fingerprint density at radius 2 is 2.00 bits per heavy atom. The largest absolute Gasteiger partial charge is 0.418 e. The van der Waals surface area contributed by atoms with E-state index in [9.17, 15) is 22.8 Å². The SMILES string of the molecule is CN(CC(=O)Nc1ccccc1C(F)(F)F)C(=O)CSc1nnc(NC2CC2)s1. The van der Waals surface area contributed by atoms with E-state index in [0.29, 0.717) is 15.5 Å². The van der Waals surface area contributed by atoms with Crippen molar-refractivity contribution in [2.24, 2.45) is 0 Å².